The molecule has 1 aromatic heterocycles. The maximum Gasteiger partial charge on any atom is 0.324 e. The van der Waals surface area contributed by atoms with Gasteiger partial charge in [-0.15, -0.1) is 0 Å². The van der Waals surface area contributed by atoms with Crippen molar-refractivity contribution in [1.29, 1.82) is 0 Å². The van der Waals surface area contributed by atoms with Crippen LogP contribution in [0.4, 0.5) is 16.3 Å². The van der Waals surface area contributed by atoms with Crippen LogP contribution >= 0.6 is 23.2 Å². The molecule has 0 unspecified atom stereocenters. The second kappa shape index (κ2) is 5.91. The first-order chi connectivity index (χ1) is 9.02. The third-order valence-corrected chi connectivity index (χ3v) is 2.71. The fourth-order valence-electron chi connectivity index (χ4n) is 1.51. The van der Waals surface area contributed by atoms with Crippen LogP contribution in [0.5, 0.6) is 0 Å². The van der Waals surface area contributed by atoms with E-state index in [1.54, 1.807) is 30.5 Å². The van der Waals surface area contributed by atoms with Gasteiger partial charge >= 0.3 is 6.03 Å². The van der Waals surface area contributed by atoms with E-state index in [-0.39, 0.29) is 0 Å². The minimum Gasteiger partial charge on any atom is -0.308 e. The molecule has 0 spiro atoms. The van der Waals surface area contributed by atoms with Gasteiger partial charge in [-0.25, -0.2) is 9.78 Å². The number of hydrogen-bond donors (Lipinski definition) is 2. The molecule has 2 rings (SSSR count). The van der Waals surface area contributed by atoms with Crippen molar-refractivity contribution in [2.45, 2.75) is 6.92 Å². The number of benzene rings is 1. The minimum atomic E-state index is -0.406. The molecular formula is C13H11Cl2N3O. The second-order valence-corrected chi connectivity index (χ2v) is 4.83. The molecule has 1 heterocycles. The van der Waals surface area contributed by atoms with Crippen molar-refractivity contribution >= 4 is 40.7 Å². The zero-order valence-corrected chi connectivity index (χ0v) is 11.6. The van der Waals surface area contributed by atoms with Crippen LogP contribution in [0.15, 0.2) is 36.5 Å². The molecule has 2 aromatic rings. The highest BCUT2D eigenvalue weighted by atomic mass is 35.5. The predicted octanol–water partition coefficient (Wildman–Crippen LogP) is 4.34. The molecule has 2 amide bonds. The van der Waals surface area contributed by atoms with E-state index in [4.69, 9.17) is 23.2 Å². The fourth-order valence-corrected chi connectivity index (χ4v) is 2.04. The Kier molecular flexibility index (Phi) is 4.24. The molecule has 1 aromatic carbocycles. The number of urea groups is 1. The Bertz CT molecular complexity index is 596. The van der Waals surface area contributed by atoms with Crippen LogP contribution in [0, 0.1) is 6.92 Å². The molecule has 0 atom stereocenters. The second-order valence-electron chi connectivity index (χ2n) is 3.96. The summed E-state index contributed by atoms with van der Waals surface area (Å²) in [6.45, 7) is 1.92. The molecular weight excluding hydrogens is 285 g/mol. The van der Waals surface area contributed by atoms with Crippen molar-refractivity contribution in [3.05, 3.63) is 52.1 Å². The van der Waals surface area contributed by atoms with Gasteiger partial charge in [0.25, 0.3) is 0 Å². The zero-order valence-electron chi connectivity index (χ0n) is 10.1. The van der Waals surface area contributed by atoms with Crippen LogP contribution in [0.3, 0.4) is 0 Å². The average molecular weight is 296 g/mol. The van der Waals surface area contributed by atoms with Gasteiger partial charge in [-0.2, -0.15) is 0 Å². The van der Waals surface area contributed by atoms with E-state index in [9.17, 15) is 4.79 Å². The number of nitrogens with one attached hydrogen (secondary N) is 2. The predicted molar refractivity (Wildman–Crippen MR) is 78.1 cm³/mol. The number of aryl methyl sites for hydroxylation is 1. The lowest BCUT2D eigenvalue weighted by Crippen LogP contribution is -2.20. The minimum absolute atomic E-state index is 0.406. The average Bonchev–Trinajstić information content (AvgIpc) is 2.26. The summed E-state index contributed by atoms with van der Waals surface area (Å²) in [6, 6.07) is 8.02. The summed E-state index contributed by atoms with van der Waals surface area (Å²) in [7, 11) is 0. The third-order valence-electron chi connectivity index (χ3n) is 2.28. The molecule has 2 N–H and O–H groups in total. The van der Waals surface area contributed by atoms with E-state index in [1.165, 1.54) is 0 Å². The third kappa shape index (κ3) is 4.12. The van der Waals surface area contributed by atoms with Gasteiger partial charge in [0, 0.05) is 21.9 Å². The maximum atomic E-state index is 11.8. The van der Waals surface area contributed by atoms with E-state index in [0.29, 0.717) is 21.6 Å². The normalized spacial score (nSPS) is 10.1. The van der Waals surface area contributed by atoms with Crippen LogP contribution in [-0.2, 0) is 0 Å². The molecule has 0 aliphatic heterocycles. The van der Waals surface area contributed by atoms with Gasteiger partial charge < -0.3 is 5.32 Å². The Morgan fingerprint density at radius 2 is 1.79 bits per heavy atom. The molecule has 0 fully saturated rings. The number of anilines is 2. The number of aromatic nitrogens is 1. The van der Waals surface area contributed by atoms with E-state index >= 15 is 0 Å². The van der Waals surface area contributed by atoms with Crippen molar-refractivity contribution in [1.82, 2.24) is 4.98 Å². The van der Waals surface area contributed by atoms with E-state index in [0.717, 1.165) is 5.56 Å². The van der Waals surface area contributed by atoms with Crippen molar-refractivity contribution in [2.75, 3.05) is 10.6 Å². The van der Waals surface area contributed by atoms with Crippen LogP contribution in [0.1, 0.15) is 5.56 Å². The van der Waals surface area contributed by atoms with Gasteiger partial charge in [-0.05, 0) is 42.8 Å². The van der Waals surface area contributed by atoms with E-state index < -0.39 is 6.03 Å². The van der Waals surface area contributed by atoms with Crippen LogP contribution in [-0.4, -0.2) is 11.0 Å². The number of hydrogen-bond acceptors (Lipinski definition) is 2. The molecule has 0 aliphatic carbocycles. The summed E-state index contributed by atoms with van der Waals surface area (Å²) in [4.78, 5) is 15.8. The van der Waals surface area contributed by atoms with Crippen molar-refractivity contribution in [3.63, 3.8) is 0 Å². The van der Waals surface area contributed by atoms with E-state index in [2.05, 4.69) is 15.6 Å². The molecule has 98 valence electrons. The van der Waals surface area contributed by atoms with Gasteiger partial charge in [0.05, 0.1) is 0 Å². The van der Waals surface area contributed by atoms with E-state index in [1.807, 2.05) is 13.0 Å². The number of halogens is 2. The Balaban J connectivity index is 2.05. The summed E-state index contributed by atoms with van der Waals surface area (Å²) in [5, 5.41) is 6.17. The zero-order chi connectivity index (χ0) is 13.8. The number of carbonyl (C=O) groups excluding carboxylic acids is 1. The van der Waals surface area contributed by atoms with Crippen molar-refractivity contribution in [2.24, 2.45) is 0 Å². The first-order valence-electron chi connectivity index (χ1n) is 5.50. The van der Waals surface area contributed by atoms with Gasteiger partial charge in [0.2, 0.25) is 0 Å². The topological polar surface area (TPSA) is 54.0 Å². The summed E-state index contributed by atoms with van der Waals surface area (Å²) in [5.74, 6) is 0.477. The Morgan fingerprint density at radius 3 is 2.42 bits per heavy atom. The molecule has 0 radical (unpaired) electrons. The van der Waals surface area contributed by atoms with Gasteiger partial charge in [0.15, 0.2) is 0 Å². The Morgan fingerprint density at radius 1 is 1.11 bits per heavy atom. The molecule has 0 saturated heterocycles. The number of nitrogens with zero attached hydrogens (tertiary/aromatic N) is 1. The quantitative estimate of drug-likeness (QED) is 0.866. The number of carbonyl (C=O) groups is 1. The molecule has 19 heavy (non-hydrogen) atoms. The van der Waals surface area contributed by atoms with Crippen LogP contribution in [0.25, 0.3) is 0 Å². The lowest BCUT2D eigenvalue weighted by atomic mass is 10.3. The Labute approximate surface area is 120 Å². The monoisotopic (exact) mass is 295 g/mol. The lowest BCUT2D eigenvalue weighted by Gasteiger charge is -2.08. The number of amides is 2. The summed E-state index contributed by atoms with van der Waals surface area (Å²) in [6.07, 6.45) is 1.63. The summed E-state index contributed by atoms with van der Waals surface area (Å²) in [5.41, 5.74) is 1.53. The Hall–Kier alpha value is -1.78. The highest BCUT2D eigenvalue weighted by Crippen LogP contribution is 2.22. The van der Waals surface area contributed by atoms with Crippen LogP contribution in [0.2, 0.25) is 10.0 Å². The highest BCUT2D eigenvalue weighted by molar-refractivity contribution is 6.35. The standard InChI is InChI=1S/C13H11Cl2N3O/c1-8-2-3-16-12(4-8)18-13(19)17-11-6-9(14)5-10(15)7-11/h2-7H,1H3,(H2,16,17,18,19). The first kappa shape index (κ1) is 13.6. The smallest absolute Gasteiger partial charge is 0.308 e. The molecule has 0 bridgehead atoms. The van der Waals surface area contributed by atoms with Gasteiger partial charge in [-0.1, -0.05) is 23.2 Å². The van der Waals surface area contributed by atoms with Crippen molar-refractivity contribution in [3.8, 4) is 0 Å². The number of pyridine rings is 1. The first-order valence-corrected chi connectivity index (χ1v) is 6.25. The fraction of sp³-hybridized carbons (Fsp3) is 0.0769. The molecule has 6 heteroatoms. The van der Waals surface area contributed by atoms with Gasteiger partial charge in [-0.3, -0.25) is 5.32 Å². The highest BCUT2D eigenvalue weighted by Gasteiger charge is 2.05. The maximum absolute atomic E-state index is 11.8. The SMILES string of the molecule is Cc1ccnc(NC(=O)Nc2cc(Cl)cc(Cl)c2)c1. The molecule has 4 nitrogen and oxygen atoms in total. The number of rotatable bonds is 2. The van der Waals surface area contributed by atoms with Crippen molar-refractivity contribution < 1.29 is 4.79 Å². The lowest BCUT2D eigenvalue weighted by molar-refractivity contribution is 0.262. The summed E-state index contributed by atoms with van der Waals surface area (Å²) >= 11 is 11.7. The largest absolute Gasteiger partial charge is 0.324 e. The van der Waals surface area contributed by atoms with Gasteiger partial charge in [0.1, 0.15) is 5.82 Å². The molecule has 0 aliphatic rings. The summed E-state index contributed by atoms with van der Waals surface area (Å²) < 4.78 is 0. The molecule has 0 saturated carbocycles. The van der Waals surface area contributed by atoms with Crippen LogP contribution < -0.4 is 10.6 Å².